The Balaban J connectivity index is 1.34. The Hall–Kier alpha value is -3.07. The molecule has 1 aliphatic rings. The number of piperazine rings is 1. The minimum absolute atomic E-state index is 0.148. The summed E-state index contributed by atoms with van der Waals surface area (Å²) in [7, 11) is 2.11. The van der Waals surface area contributed by atoms with Gasteiger partial charge < -0.3 is 20.4 Å². The van der Waals surface area contributed by atoms with Crippen LogP contribution in [0.4, 0.5) is 14.6 Å². The van der Waals surface area contributed by atoms with Crippen molar-refractivity contribution in [3.63, 3.8) is 0 Å². The fraction of sp³-hybridized carbons (Fsp3) is 0.409. The number of halogens is 2. The standard InChI is InChI=1S/C22H27F2N5O2/c1-28-9-11-29(12-10-28)20-7-4-16(14-26-20)15-27-21(30)3-2-8-25-22(31)18-6-5-17(23)13-19(18)24/h4-7,13-14H,2-3,8-12,15H2,1H3,(H,25,31)(H,27,30). The van der Waals surface area contributed by atoms with Gasteiger partial charge in [0.2, 0.25) is 5.91 Å². The highest BCUT2D eigenvalue weighted by Crippen LogP contribution is 2.13. The van der Waals surface area contributed by atoms with Gasteiger partial charge in [0.1, 0.15) is 17.5 Å². The summed E-state index contributed by atoms with van der Waals surface area (Å²) >= 11 is 0. The number of nitrogens with one attached hydrogen (secondary N) is 2. The summed E-state index contributed by atoms with van der Waals surface area (Å²) in [6, 6.07) is 6.71. The third-order valence-electron chi connectivity index (χ3n) is 5.17. The zero-order valence-corrected chi connectivity index (χ0v) is 17.5. The minimum Gasteiger partial charge on any atom is -0.354 e. The van der Waals surface area contributed by atoms with Gasteiger partial charge >= 0.3 is 0 Å². The molecule has 3 rings (SSSR count). The van der Waals surface area contributed by atoms with Gasteiger partial charge in [-0.2, -0.15) is 0 Å². The maximum atomic E-state index is 13.6. The summed E-state index contributed by atoms with van der Waals surface area (Å²) in [4.78, 5) is 32.9. The van der Waals surface area contributed by atoms with Crippen molar-refractivity contribution in [1.82, 2.24) is 20.5 Å². The summed E-state index contributed by atoms with van der Waals surface area (Å²) in [5.41, 5.74) is 0.685. The number of hydrogen-bond donors (Lipinski definition) is 2. The maximum Gasteiger partial charge on any atom is 0.254 e. The molecule has 0 bridgehead atoms. The maximum absolute atomic E-state index is 13.6. The van der Waals surface area contributed by atoms with Gasteiger partial charge in [-0.3, -0.25) is 9.59 Å². The number of anilines is 1. The van der Waals surface area contributed by atoms with Crippen LogP contribution in [0.15, 0.2) is 36.5 Å². The highest BCUT2D eigenvalue weighted by molar-refractivity contribution is 5.94. The summed E-state index contributed by atoms with van der Waals surface area (Å²) in [5, 5.41) is 5.35. The number of aromatic nitrogens is 1. The Morgan fingerprint density at radius 1 is 1.06 bits per heavy atom. The van der Waals surface area contributed by atoms with Crippen LogP contribution in [0.25, 0.3) is 0 Å². The molecule has 1 aromatic heterocycles. The van der Waals surface area contributed by atoms with Gasteiger partial charge in [-0.1, -0.05) is 6.07 Å². The Bertz CT molecular complexity index is 899. The third kappa shape index (κ3) is 6.71. The van der Waals surface area contributed by atoms with Gasteiger partial charge in [-0.15, -0.1) is 0 Å². The van der Waals surface area contributed by atoms with E-state index < -0.39 is 17.5 Å². The lowest BCUT2D eigenvalue weighted by Crippen LogP contribution is -2.44. The van der Waals surface area contributed by atoms with Crippen LogP contribution in [-0.2, 0) is 11.3 Å². The largest absolute Gasteiger partial charge is 0.354 e. The number of hydrogen-bond acceptors (Lipinski definition) is 5. The summed E-state index contributed by atoms with van der Waals surface area (Å²) in [5.74, 6) is -1.50. The van der Waals surface area contributed by atoms with E-state index in [1.165, 1.54) is 0 Å². The molecule has 2 amide bonds. The lowest BCUT2D eigenvalue weighted by atomic mass is 10.2. The molecule has 0 atom stereocenters. The van der Waals surface area contributed by atoms with E-state index >= 15 is 0 Å². The number of pyridine rings is 1. The van der Waals surface area contributed by atoms with Crippen LogP contribution in [0.3, 0.4) is 0 Å². The number of likely N-dealkylation sites (N-methyl/N-ethyl adjacent to an activating group) is 1. The van der Waals surface area contributed by atoms with Gasteiger partial charge in [0, 0.05) is 58.0 Å². The van der Waals surface area contributed by atoms with E-state index in [-0.39, 0.29) is 24.4 Å². The Morgan fingerprint density at radius 2 is 1.84 bits per heavy atom. The summed E-state index contributed by atoms with van der Waals surface area (Å²) in [6.07, 6.45) is 2.39. The monoisotopic (exact) mass is 431 g/mol. The second-order valence-electron chi connectivity index (χ2n) is 7.58. The van der Waals surface area contributed by atoms with Gasteiger partial charge in [-0.05, 0) is 37.2 Å². The van der Waals surface area contributed by atoms with E-state index in [1.54, 1.807) is 6.20 Å². The molecule has 7 nitrogen and oxygen atoms in total. The molecule has 0 saturated carbocycles. The molecule has 1 saturated heterocycles. The second-order valence-corrected chi connectivity index (χ2v) is 7.58. The van der Waals surface area contributed by atoms with Crippen LogP contribution in [0.1, 0.15) is 28.8 Å². The summed E-state index contributed by atoms with van der Waals surface area (Å²) < 4.78 is 26.5. The normalized spacial score (nSPS) is 14.4. The molecule has 0 unspecified atom stereocenters. The van der Waals surface area contributed by atoms with E-state index in [1.807, 2.05) is 12.1 Å². The summed E-state index contributed by atoms with van der Waals surface area (Å²) in [6.45, 7) is 4.51. The highest BCUT2D eigenvalue weighted by atomic mass is 19.1. The van der Waals surface area contributed by atoms with Crippen molar-refractivity contribution in [2.45, 2.75) is 19.4 Å². The molecule has 2 heterocycles. The van der Waals surface area contributed by atoms with E-state index in [2.05, 4.69) is 32.5 Å². The number of carbonyl (C=O) groups excluding carboxylic acids is 2. The Labute approximate surface area is 180 Å². The smallest absolute Gasteiger partial charge is 0.254 e. The van der Waals surface area contributed by atoms with Crippen LogP contribution in [0, 0.1) is 11.6 Å². The molecule has 166 valence electrons. The first-order valence-electron chi connectivity index (χ1n) is 10.3. The van der Waals surface area contributed by atoms with E-state index in [0.717, 1.165) is 49.7 Å². The predicted octanol–water partition coefficient (Wildman–Crippen LogP) is 1.94. The van der Waals surface area contributed by atoms with E-state index in [0.29, 0.717) is 19.0 Å². The molecular weight excluding hydrogens is 404 g/mol. The number of rotatable bonds is 8. The van der Waals surface area contributed by atoms with Crippen molar-refractivity contribution in [2.75, 3.05) is 44.7 Å². The first-order valence-corrected chi connectivity index (χ1v) is 10.3. The van der Waals surface area contributed by atoms with Gasteiger partial charge in [0.25, 0.3) is 5.91 Å². The average molecular weight is 431 g/mol. The molecule has 1 aliphatic heterocycles. The lowest BCUT2D eigenvalue weighted by Gasteiger charge is -2.33. The Morgan fingerprint density at radius 3 is 2.52 bits per heavy atom. The Kier molecular flexibility index (Phi) is 7.88. The van der Waals surface area contributed by atoms with Crippen molar-refractivity contribution in [2.24, 2.45) is 0 Å². The van der Waals surface area contributed by atoms with Crippen LogP contribution in [-0.4, -0.2) is 61.5 Å². The topological polar surface area (TPSA) is 77.6 Å². The zero-order chi connectivity index (χ0) is 22.2. The fourth-order valence-corrected chi connectivity index (χ4v) is 3.25. The van der Waals surface area contributed by atoms with Crippen LogP contribution in [0.2, 0.25) is 0 Å². The predicted molar refractivity (Wildman–Crippen MR) is 114 cm³/mol. The SMILES string of the molecule is CN1CCN(c2ccc(CNC(=O)CCCNC(=O)c3ccc(F)cc3F)cn2)CC1. The zero-order valence-electron chi connectivity index (χ0n) is 17.5. The van der Waals surface area contributed by atoms with E-state index in [4.69, 9.17) is 0 Å². The molecule has 9 heteroatoms. The van der Waals surface area contributed by atoms with Crippen molar-refractivity contribution in [3.8, 4) is 0 Å². The van der Waals surface area contributed by atoms with Crippen LogP contribution in [0.5, 0.6) is 0 Å². The third-order valence-corrected chi connectivity index (χ3v) is 5.17. The molecule has 2 aromatic rings. The number of nitrogens with zero attached hydrogens (tertiary/aromatic N) is 3. The second kappa shape index (κ2) is 10.8. The number of carbonyl (C=O) groups is 2. The molecule has 1 aromatic carbocycles. The first kappa shape index (κ1) is 22.6. The van der Waals surface area contributed by atoms with Crippen molar-refractivity contribution >= 4 is 17.6 Å². The average Bonchev–Trinajstić information content (AvgIpc) is 2.76. The van der Waals surface area contributed by atoms with Crippen LogP contribution >= 0.6 is 0 Å². The van der Waals surface area contributed by atoms with Gasteiger partial charge in [-0.25, -0.2) is 13.8 Å². The van der Waals surface area contributed by atoms with Gasteiger partial charge in [0.15, 0.2) is 0 Å². The molecular formula is C22H27F2N5O2. The fourth-order valence-electron chi connectivity index (χ4n) is 3.25. The number of benzene rings is 1. The molecule has 0 aliphatic carbocycles. The van der Waals surface area contributed by atoms with Crippen LogP contribution < -0.4 is 15.5 Å². The molecule has 0 radical (unpaired) electrons. The number of amides is 2. The first-order chi connectivity index (χ1) is 14.9. The van der Waals surface area contributed by atoms with Crippen molar-refractivity contribution in [3.05, 3.63) is 59.3 Å². The van der Waals surface area contributed by atoms with Crippen molar-refractivity contribution < 1.29 is 18.4 Å². The molecule has 0 spiro atoms. The van der Waals surface area contributed by atoms with Crippen molar-refractivity contribution in [1.29, 1.82) is 0 Å². The quantitative estimate of drug-likeness (QED) is 0.625. The van der Waals surface area contributed by atoms with Gasteiger partial charge in [0.05, 0.1) is 5.56 Å². The minimum atomic E-state index is -0.914. The van der Waals surface area contributed by atoms with E-state index in [9.17, 15) is 18.4 Å². The molecule has 2 N–H and O–H groups in total. The molecule has 1 fully saturated rings. The highest BCUT2D eigenvalue weighted by Gasteiger charge is 2.15. The molecule has 31 heavy (non-hydrogen) atoms. The lowest BCUT2D eigenvalue weighted by molar-refractivity contribution is -0.121.